The number of hydrogen-bond donors (Lipinski definition) is 0. The van der Waals surface area contributed by atoms with Crippen LogP contribution in [0.25, 0.3) is 11.8 Å². The number of carbonyl (C=O) groups excluding carboxylic acids is 2. The van der Waals surface area contributed by atoms with Crippen molar-refractivity contribution in [3.8, 4) is 0 Å². The van der Waals surface area contributed by atoms with Crippen molar-refractivity contribution in [1.82, 2.24) is 0 Å². The molecule has 37 heavy (non-hydrogen) atoms. The van der Waals surface area contributed by atoms with E-state index in [1.54, 1.807) is 0 Å². The lowest BCUT2D eigenvalue weighted by Crippen LogP contribution is -2.21. The van der Waals surface area contributed by atoms with Gasteiger partial charge in [0, 0.05) is 35.5 Å². The highest BCUT2D eigenvalue weighted by atomic mass is 32.2. The number of ether oxygens (including phenoxy) is 3. The van der Waals surface area contributed by atoms with Crippen LogP contribution < -0.4 is 0 Å². The third kappa shape index (κ3) is 5.24. The van der Waals surface area contributed by atoms with Crippen molar-refractivity contribution in [3.63, 3.8) is 0 Å². The first kappa shape index (κ1) is 26.4. The second-order valence-corrected chi connectivity index (χ2v) is 9.20. The number of carbonyl (C=O) groups is 2. The highest BCUT2D eigenvalue weighted by Gasteiger charge is 2.38. The molecule has 1 aliphatic rings. The Bertz CT molecular complexity index is 1400. The van der Waals surface area contributed by atoms with E-state index in [0.29, 0.717) is 0 Å². The number of rotatable bonds is 5. The molecule has 0 radical (unpaired) electrons. The fraction of sp³-hybridized carbons (Fsp3) is 0.154. The lowest BCUT2D eigenvalue weighted by Gasteiger charge is -2.20. The van der Waals surface area contributed by atoms with Crippen molar-refractivity contribution in [1.29, 1.82) is 0 Å². The number of methoxy groups -OCH3 is 2. The van der Waals surface area contributed by atoms with E-state index >= 15 is 0 Å². The van der Waals surface area contributed by atoms with E-state index in [1.807, 2.05) is 0 Å². The standard InChI is InChI=1S/C26H18F4O6S/c1-34-23(17-5-3-4-6-19(17)26(28,29)30)25(32)36-20-11-14-7-8-15(24(31)35-2)12-22(14)37(33)21-10-9-16(27)13-18(20)21/h3-13,23H,1-2H3/t23-,37?/m1/s1. The minimum absolute atomic E-state index is 0.0542. The van der Waals surface area contributed by atoms with Gasteiger partial charge < -0.3 is 18.8 Å². The van der Waals surface area contributed by atoms with Crippen LogP contribution in [0.5, 0.6) is 0 Å². The van der Waals surface area contributed by atoms with E-state index in [4.69, 9.17) is 14.2 Å². The van der Waals surface area contributed by atoms with Gasteiger partial charge in [-0.1, -0.05) is 18.2 Å². The number of alkyl halides is 3. The zero-order chi connectivity index (χ0) is 26.9. The van der Waals surface area contributed by atoms with Crippen LogP contribution in [-0.2, 0) is 36.4 Å². The van der Waals surface area contributed by atoms with Gasteiger partial charge in [-0.3, -0.25) is 0 Å². The maximum absolute atomic E-state index is 14.2. The first-order valence-corrected chi connectivity index (χ1v) is 11.8. The SMILES string of the molecule is COC(=O)c1ccc2c(c1)[S+]([O-])c1ccc(F)cc1C(OC(=O)[C@H](OC)c1ccccc1C(F)(F)F)=C2. The van der Waals surface area contributed by atoms with Crippen molar-refractivity contribution in [2.45, 2.75) is 22.1 Å². The molecule has 0 amide bonds. The number of halogens is 4. The molecule has 1 heterocycles. The van der Waals surface area contributed by atoms with E-state index in [-0.39, 0.29) is 32.2 Å². The number of esters is 2. The largest absolute Gasteiger partial charge is 0.606 e. The van der Waals surface area contributed by atoms with Gasteiger partial charge in [0.05, 0.1) is 23.8 Å². The van der Waals surface area contributed by atoms with Gasteiger partial charge in [-0.2, -0.15) is 13.2 Å². The van der Waals surface area contributed by atoms with Gasteiger partial charge in [-0.05, 0) is 42.5 Å². The van der Waals surface area contributed by atoms with Crippen LogP contribution in [0.2, 0.25) is 0 Å². The molecule has 0 spiro atoms. The first-order valence-electron chi connectivity index (χ1n) is 10.6. The normalized spacial score (nSPS) is 15.5. The third-order valence-corrected chi connectivity index (χ3v) is 7.05. The molecule has 1 unspecified atom stereocenters. The van der Waals surface area contributed by atoms with Gasteiger partial charge in [0.15, 0.2) is 15.9 Å². The average molecular weight is 534 g/mol. The molecule has 11 heteroatoms. The minimum Gasteiger partial charge on any atom is -0.606 e. The van der Waals surface area contributed by atoms with Crippen molar-refractivity contribution >= 4 is 34.9 Å². The van der Waals surface area contributed by atoms with Crippen LogP contribution in [0, 0.1) is 5.82 Å². The Morgan fingerprint density at radius 1 is 0.973 bits per heavy atom. The monoisotopic (exact) mass is 534 g/mol. The second kappa shape index (κ2) is 10.4. The highest BCUT2D eigenvalue weighted by molar-refractivity contribution is 7.91. The Balaban J connectivity index is 1.81. The summed E-state index contributed by atoms with van der Waals surface area (Å²) in [7, 11) is 2.23. The molecule has 3 aromatic rings. The number of hydrogen-bond acceptors (Lipinski definition) is 6. The molecule has 0 fully saturated rings. The summed E-state index contributed by atoms with van der Waals surface area (Å²) in [5.74, 6) is -2.88. The van der Waals surface area contributed by atoms with Crippen LogP contribution in [0.3, 0.4) is 0 Å². The van der Waals surface area contributed by atoms with Crippen molar-refractivity contribution in [3.05, 3.63) is 94.3 Å². The smallest absolute Gasteiger partial charge is 0.416 e. The number of benzene rings is 3. The van der Waals surface area contributed by atoms with Gasteiger partial charge in [-0.15, -0.1) is 0 Å². The van der Waals surface area contributed by atoms with E-state index in [1.165, 1.54) is 49.6 Å². The summed E-state index contributed by atoms with van der Waals surface area (Å²) in [5, 5.41) is 0. The summed E-state index contributed by atoms with van der Waals surface area (Å²) >= 11 is -1.94. The lowest BCUT2D eigenvalue weighted by atomic mass is 10.0. The Labute approximate surface area is 211 Å². The molecule has 0 saturated heterocycles. The summed E-state index contributed by atoms with van der Waals surface area (Å²) in [6.45, 7) is 0. The molecule has 0 aliphatic carbocycles. The minimum atomic E-state index is -4.77. The summed E-state index contributed by atoms with van der Waals surface area (Å²) in [5.41, 5.74) is -1.23. The van der Waals surface area contributed by atoms with Gasteiger partial charge >= 0.3 is 18.1 Å². The Morgan fingerprint density at radius 3 is 2.38 bits per heavy atom. The fourth-order valence-corrected chi connectivity index (χ4v) is 5.20. The van der Waals surface area contributed by atoms with Gasteiger partial charge in [0.2, 0.25) is 0 Å². The topological polar surface area (TPSA) is 84.9 Å². The molecule has 192 valence electrons. The van der Waals surface area contributed by atoms with E-state index in [0.717, 1.165) is 31.4 Å². The second-order valence-electron chi connectivity index (χ2n) is 7.78. The molecule has 6 nitrogen and oxygen atoms in total. The Morgan fingerprint density at radius 2 is 1.70 bits per heavy atom. The molecule has 4 rings (SSSR count). The maximum atomic E-state index is 14.2. The molecular formula is C26H18F4O6S. The van der Waals surface area contributed by atoms with E-state index < -0.39 is 52.3 Å². The predicted molar refractivity (Wildman–Crippen MR) is 124 cm³/mol. The van der Waals surface area contributed by atoms with Crippen LogP contribution in [0.4, 0.5) is 17.6 Å². The van der Waals surface area contributed by atoms with Crippen LogP contribution in [0.1, 0.15) is 38.7 Å². The lowest BCUT2D eigenvalue weighted by molar-refractivity contribution is -0.150. The molecule has 2 atom stereocenters. The number of fused-ring (bicyclic) bond motifs is 2. The fourth-order valence-electron chi connectivity index (χ4n) is 3.83. The first-order chi connectivity index (χ1) is 17.5. The van der Waals surface area contributed by atoms with E-state index in [9.17, 15) is 31.7 Å². The molecule has 0 aromatic heterocycles. The van der Waals surface area contributed by atoms with Crippen molar-refractivity contribution in [2.75, 3.05) is 14.2 Å². The van der Waals surface area contributed by atoms with Crippen LogP contribution >= 0.6 is 0 Å². The molecule has 0 saturated carbocycles. The average Bonchev–Trinajstić information content (AvgIpc) is 2.97. The molecule has 3 aromatic carbocycles. The molecule has 0 bridgehead atoms. The van der Waals surface area contributed by atoms with Crippen LogP contribution in [0.15, 0.2) is 70.5 Å². The highest BCUT2D eigenvalue weighted by Crippen LogP contribution is 2.40. The van der Waals surface area contributed by atoms with Crippen molar-refractivity contribution in [2.24, 2.45) is 0 Å². The Hall–Kier alpha value is -3.67. The summed E-state index contributed by atoms with van der Waals surface area (Å²) in [4.78, 5) is 25.3. The van der Waals surface area contributed by atoms with E-state index in [2.05, 4.69) is 0 Å². The Kier molecular flexibility index (Phi) is 7.39. The summed E-state index contributed by atoms with van der Waals surface area (Å²) in [6.07, 6.45) is -5.25. The predicted octanol–water partition coefficient (Wildman–Crippen LogP) is 5.54. The van der Waals surface area contributed by atoms with Crippen LogP contribution in [-0.4, -0.2) is 30.7 Å². The molecular weight excluding hydrogens is 516 g/mol. The molecule has 0 N–H and O–H groups in total. The van der Waals surface area contributed by atoms with Gasteiger partial charge in [0.1, 0.15) is 11.6 Å². The third-order valence-electron chi connectivity index (χ3n) is 5.54. The zero-order valence-electron chi connectivity index (χ0n) is 19.3. The van der Waals surface area contributed by atoms with Gasteiger partial charge in [-0.25, -0.2) is 14.0 Å². The zero-order valence-corrected chi connectivity index (χ0v) is 20.1. The summed E-state index contributed by atoms with van der Waals surface area (Å²) < 4.78 is 83.5. The van der Waals surface area contributed by atoms with Gasteiger partial charge in [0.25, 0.3) is 0 Å². The quantitative estimate of drug-likeness (QED) is 0.243. The summed E-state index contributed by atoms with van der Waals surface area (Å²) in [6, 6.07) is 11.8. The maximum Gasteiger partial charge on any atom is 0.416 e. The van der Waals surface area contributed by atoms with Crippen molar-refractivity contribution < 1.29 is 45.9 Å². The molecule has 1 aliphatic heterocycles.